The molecule has 0 unspecified atom stereocenters. The summed E-state index contributed by atoms with van der Waals surface area (Å²) in [6, 6.07) is 14.8. The molecule has 0 saturated heterocycles. The Balaban J connectivity index is 1.71. The van der Waals surface area contributed by atoms with Crippen LogP contribution < -0.4 is 5.43 Å². The van der Waals surface area contributed by atoms with Gasteiger partial charge in [-0.3, -0.25) is 14.8 Å². The number of hydrogen-bond donors (Lipinski definition) is 0. The van der Waals surface area contributed by atoms with Crippen molar-refractivity contribution in [3.63, 3.8) is 0 Å². The van der Waals surface area contributed by atoms with Crippen molar-refractivity contribution in [1.82, 2.24) is 29.5 Å². The van der Waals surface area contributed by atoms with Crippen LogP contribution in [0, 0.1) is 0 Å². The summed E-state index contributed by atoms with van der Waals surface area (Å²) < 4.78 is 3.39. The highest BCUT2D eigenvalue weighted by Gasteiger charge is 2.15. The molecule has 0 aliphatic heterocycles. The molecule has 0 amide bonds. The summed E-state index contributed by atoms with van der Waals surface area (Å²) in [6.45, 7) is 0. The molecule has 0 aliphatic carbocycles. The average Bonchev–Trinajstić information content (AvgIpc) is 3.24. The van der Waals surface area contributed by atoms with Crippen molar-refractivity contribution in [1.29, 1.82) is 0 Å². The molecule has 5 aromatic rings. The summed E-state index contributed by atoms with van der Waals surface area (Å²) in [4.78, 5) is 20.8. The van der Waals surface area contributed by atoms with Crippen molar-refractivity contribution in [3.8, 4) is 22.8 Å². The average molecular weight is 366 g/mol. The number of rotatable bonds is 3. The Hall–Kier alpha value is -4.13. The van der Waals surface area contributed by atoms with E-state index in [4.69, 9.17) is 0 Å². The highest BCUT2D eigenvalue weighted by atomic mass is 16.1. The largest absolute Gasteiger partial charge is 0.287 e. The van der Waals surface area contributed by atoms with Crippen LogP contribution in [0.3, 0.4) is 0 Å². The molecule has 1 aromatic carbocycles. The van der Waals surface area contributed by atoms with Crippen molar-refractivity contribution in [3.05, 3.63) is 95.9 Å². The molecule has 134 valence electrons. The van der Waals surface area contributed by atoms with Gasteiger partial charge in [-0.1, -0.05) is 12.1 Å². The first-order chi connectivity index (χ1) is 13.8. The molecular formula is C21H14N6O. The lowest BCUT2D eigenvalue weighted by molar-refractivity contribution is 0.823. The lowest BCUT2D eigenvalue weighted by Gasteiger charge is -2.11. The minimum atomic E-state index is -0.172. The van der Waals surface area contributed by atoms with E-state index in [2.05, 4.69) is 20.2 Å². The third kappa shape index (κ3) is 2.66. The van der Waals surface area contributed by atoms with Crippen LogP contribution in [0.4, 0.5) is 0 Å². The first-order valence-corrected chi connectivity index (χ1v) is 8.69. The smallest absolute Gasteiger partial charge is 0.209 e. The van der Waals surface area contributed by atoms with Gasteiger partial charge < -0.3 is 0 Å². The Morgan fingerprint density at radius 2 is 1.68 bits per heavy atom. The number of aromatic nitrogens is 6. The Labute approximate surface area is 159 Å². The third-order valence-electron chi connectivity index (χ3n) is 4.51. The van der Waals surface area contributed by atoms with Gasteiger partial charge in [-0.2, -0.15) is 10.2 Å². The van der Waals surface area contributed by atoms with Crippen LogP contribution in [-0.2, 0) is 0 Å². The van der Waals surface area contributed by atoms with E-state index in [1.54, 1.807) is 52.6 Å². The predicted octanol–water partition coefficient (Wildman–Crippen LogP) is 3.03. The number of benzene rings is 1. The van der Waals surface area contributed by atoms with Gasteiger partial charge in [0, 0.05) is 47.8 Å². The van der Waals surface area contributed by atoms with Crippen LogP contribution in [0.15, 0.2) is 90.5 Å². The van der Waals surface area contributed by atoms with Crippen LogP contribution >= 0.6 is 0 Å². The lowest BCUT2D eigenvalue weighted by Crippen LogP contribution is -2.14. The molecule has 4 heterocycles. The van der Waals surface area contributed by atoms with Crippen LogP contribution in [0.25, 0.3) is 33.5 Å². The summed E-state index contributed by atoms with van der Waals surface area (Å²) in [7, 11) is 0. The second-order valence-corrected chi connectivity index (χ2v) is 6.18. The van der Waals surface area contributed by atoms with Crippen LogP contribution in [0.2, 0.25) is 0 Å². The molecule has 0 saturated carbocycles. The predicted molar refractivity (Wildman–Crippen MR) is 105 cm³/mol. The van der Waals surface area contributed by atoms with E-state index in [-0.39, 0.29) is 5.43 Å². The van der Waals surface area contributed by atoms with Crippen molar-refractivity contribution in [2.75, 3.05) is 0 Å². The van der Waals surface area contributed by atoms with Crippen LogP contribution in [0.5, 0.6) is 0 Å². The van der Waals surface area contributed by atoms with Gasteiger partial charge in [-0.25, -0.2) is 9.36 Å². The summed E-state index contributed by atoms with van der Waals surface area (Å²) in [6.07, 6.45) is 10.2. The lowest BCUT2D eigenvalue weighted by atomic mass is 10.1. The molecule has 0 radical (unpaired) electrons. The van der Waals surface area contributed by atoms with Crippen molar-refractivity contribution >= 4 is 10.8 Å². The summed E-state index contributed by atoms with van der Waals surface area (Å²) in [5.41, 5.74) is 2.45. The van der Waals surface area contributed by atoms with E-state index in [0.29, 0.717) is 11.4 Å². The number of pyridine rings is 2. The van der Waals surface area contributed by atoms with E-state index in [9.17, 15) is 4.79 Å². The van der Waals surface area contributed by atoms with E-state index in [1.807, 2.05) is 36.4 Å². The first kappa shape index (κ1) is 16.1. The van der Waals surface area contributed by atoms with Gasteiger partial charge in [0.25, 0.3) is 0 Å². The Morgan fingerprint density at radius 3 is 2.57 bits per heavy atom. The zero-order chi connectivity index (χ0) is 18.9. The fourth-order valence-electron chi connectivity index (χ4n) is 3.19. The molecule has 4 aromatic heterocycles. The Kier molecular flexibility index (Phi) is 3.76. The standard InChI is InChI=1S/C21H14N6O/c28-20-8-13-26(16-4-9-22-10-5-16)25-21(20)19-7-12-24-27(19)18-3-1-2-15-14-23-11-6-17(15)18/h1-14H. The maximum absolute atomic E-state index is 12.6. The SMILES string of the molecule is O=c1ccn(-c2ccncc2)nc1-c1ccnn1-c1cccc2cnccc12. The van der Waals surface area contributed by atoms with Gasteiger partial charge in [-0.05, 0) is 30.3 Å². The van der Waals surface area contributed by atoms with Crippen molar-refractivity contribution in [2.45, 2.75) is 0 Å². The van der Waals surface area contributed by atoms with Crippen molar-refractivity contribution in [2.24, 2.45) is 0 Å². The normalized spacial score (nSPS) is 11.0. The molecule has 0 fully saturated rings. The van der Waals surface area contributed by atoms with Gasteiger partial charge >= 0.3 is 0 Å². The minimum absolute atomic E-state index is 0.172. The maximum atomic E-state index is 12.6. The molecule has 0 atom stereocenters. The van der Waals surface area contributed by atoms with Gasteiger partial charge in [0.2, 0.25) is 5.43 Å². The monoisotopic (exact) mass is 366 g/mol. The summed E-state index contributed by atoms with van der Waals surface area (Å²) in [5, 5.41) is 11.0. The van der Waals surface area contributed by atoms with E-state index in [1.165, 1.54) is 6.07 Å². The molecule has 0 bridgehead atoms. The van der Waals surface area contributed by atoms with E-state index >= 15 is 0 Å². The minimum Gasteiger partial charge on any atom is -0.287 e. The summed E-state index contributed by atoms with van der Waals surface area (Å²) >= 11 is 0. The maximum Gasteiger partial charge on any atom is 0.209 e. The van der Waals surface area contributed by atoms with Crippen molar-refractivity contribution < 1.29 is 0 Å². The van der Waals surface area contributed by atoms with Gasteiger partial charge in [-0.15, -0.1) is 0 Å². The second kappa shape index (κ2) is 6.55. The molecule has 5 rings (SSSR count). The van der Waals surface area contributed by atoms with E-state index in [0.717, 1.165) is 22.1 Å². The van der Waals surface area contributed by atoms with E-state index < -0.39 is 0 Å². The quantitative estimate of drug-likeness (QED) is 0.490. The van der Waals surface area contributed by atoms with Gasteiger partial charge in [0.1, 0.15) is 0 Å². The molecule has 0 spiro atoms. The van der Waals surface area contributed by atoms with Gasteiger partial charge in [0.15, 0.2) is 5.69 Å². The fraction of sp³-hybridized carbons (Fsp3) is 0. The molecular weight excluding hydrogens is 352 g/mol. The topological polar surface area (TPSA) is 78.5 Å². The first-order valence-electron chi connectivity index (χ1n) is 8.69. The molecule has 0 N–H and O–H groups in total. The number of fused-ring (bicyclic) bond motifs is 1. The van der Waals surface area contributed by atoms with Crippen LogP contribution in [0.1, 0.15) is 0 Å². The zero-order valence-electron chi connectivity index (χ0n) is 14.7. The number of nitrogens with zero attached hydrogens (tertiary/aromatic N) is 6. The van der Waals surface area contributed by atoms with Crippen LogP contribution in [-0.4, -0.2) is 29.5 Å². The summed E-state index contributed by atoms with van der Waals surface area (Å²) in [5.74, 6) is 0. The molecule has 7 nitrogen and oxygen atoms in total. The zero-order valence-corrected chi connectivity index (χ0v) is 14.7. The highest BCUT2D eigenvalue weighted by Crippen LogP contribution is 2.25. The molecule has 7 heteroatoms. The Morgan fingerprint density at radius 1 is 0.821 bits per heavy atom. The third-order valence-corrected chi connectivity index (χ3v) is 4.51. The highest BCUT2D eigenvalue weighted by molar-refractivity contribution is 5.89. The number of hydrogen-bond acceptors (Lipinski definition) is 5. The molecule has 0 aliphatic rings. The van der Waals surface area contributed by atoms with Gasteiger partial charge in [0.05, 0.1) is 23.3 Å². The molecule has 28 heavy (non-hydrogen) atoms. The fourth-order valence-corrected chi connectivity index (χ4v) is 3.19. The second-order valence-electron chi connectivity index (χ2n) is 6.18. The Bertz CT molecular complexity index is 1330.